The van der Waals surface area contributed by atoms with Crippen molar-refractivity contribution in [3.8, 4) is 5.75 Å². The number of benzene rings is 2. The van der Waals surface area contributed by atoms with Gasteiger partial charge in [0.05, 0.1) is 17.7 Å². The summed E-state index contributed by atoms with van der Waals surface area (Å²) in [5.74, 6) is 0.217. The molecule has 8 heteroatoms. The number of nitro benzene ring substituents is 1. The zero-order chi connectivity index (χ0) is 21.5. The van der Waals surface area contributed by atoms with Crippen LogP contribution < -0.4 is 10.1 Å². The number of nitrogens with one attached hydrogen (secondary N) is 1. The zero-order valence-electron chi connectivity index (χ0n) is 17.5. The van der Waals surface area contributed by atoms with Crippen LogP contribution in [0.3, 0.4) is 0 Å². The Hall–Kier alpha value is -2.97. The number of hydrogen-bond donors (Lipinski definition) is 1. The molecule has 0 aromatic heterocycles. The van der Waals surface area contributed by atoms with E-state index >= 15 is 0 Å². The number of anilines is 1. The molecule has 0 radical (unpaired) electrons. The molecule has 0 bridgehead atoms. The molecular weight excluding hydrogens is 384 g/mol. The first-order chi connectivity index (χ1) is 14.4. The Balaban J connectivity index is 1.45. The maximum absolute atomic E-state index is 12.4. The number of piperazine rings is 1. The lowest BCUT2D eigenvalue weighted by Gasteiger charge is -2.34. The fourth-order valence-corrected chi connectivity index (χ4v) is 3.62. The van der Waals surface area contributed by atoms with Crippen molar-refractivity contribution in [2.45, 2.75) is 19.9 Å². The third kappa shape index (κ3) is 6.01. The highest BCUT2D eigenvalue weighted by molar-refractivity contribution is 5.92. The largest absolute Gasteiger partial charge is 0.495 e. The average Bonchev–Trinajstić information content (AvgIpc) is 2.73. The summed E-state index contributed by atoms with van der Waals surface area (Å²) in [5.41, 5.74) is 2.83. The van der Waals surface area contributed by atoms with Crippen LogP contribution in [-0.4, -0.2) is 60.5 Å². The Morgan fingerprint density at radius 1 is 1.13 bits per heavy atom. The van der Waals surface area contributed by atoms with E-state index in [1.165, 1.54) is 36.4 Å². The Morgan fingerprint density at radius 3 is 2.53 bits per heavy atom. The number of nitrogens with zero attached hydrogens (tertiary/aromatic N) is 3. The van der Waals surface area contributed by atoms with Gasteiger partial charge in [-0.15, -0.1) is 0 Å². The second-order valence-corrected chi connectivity index (χ2v) is 7.55. The van der Waals surface area contributed by atoms with Gasteiger partial charge in [0.2, 0.25) is 5.91 Å². The van der Waals surface area contributed by atoms with Crippen molar-refractivity contribution in [3.63, 3.8) is 0 Å². The summed E-state index contributed by atoms with van der Waals surface area (Å²) in [6.07, 6.45) is 0.323. The van der Waals surface area contributed by atoms with E-state index in [4.69, 9.17) is 4.74 Å². The normalized spacial score (nSPS) is 15.0. The van der Waals surface area contributed by atoms with Crippen LogP contribution in [0.15, 0.2) is 42.5 Å². The number of amides is 1. The van der Waals surface area contributed by atoms with Crippen molar-refractivity contribution < 1.29 is 14.5 Å². The lowest BCUT2D eigenvalue weighted by atomic mass is 10.1. The molecule has 160 valence electrons. The van der Waals surface area contributed by atoms with Crippen LogP contribution in [0.4, 0.5) is 11.4 Å². The van der Waals surface area contributed by atoms with Gasteiger partial charge in [-0.2, -0.15) is 0 Å². The first-order valence-electron chi connectivity index (χ1n) is 10.1. The Kier molecular flexibility index (Phi) is 7.37. The third-order valence-corrected chi connectivity index (χ3v) is 5.28. The van der Waals surface area contributed by atoms with Gasteiger partial charge in [-0.25, -0.2) is 0 Å². The van der Waals surface area contributed by atoms with Crippen molar-refractivity contribution in [2.75, 3.05) is 45.2 Å². The molecule has 1 fully saturated rings. The monoisotopic (exact) mass is 412 g/mol. The minimum Gasteiger partial charge on any atom is -0.495 e. The minimum absolute atomic E-state index is 0.0872. The quantitative estimate of drug-likeness (QED) is 0.530. The van der Waals surface area contributed by atoms with E-state index in [1.54, 1.807) is 0 Å². The summed E-state index contributed by atoms with van der Waals surface area (Å²) in [4.78, 5) is 27.5. The Morgan fingerprint density at radius 2 is 1.87 bits per heavy atom. The van der Waals surface area contributed by atoms with Crippen molar-refractivity contribution in [3.05, 3.63) is 63.7 Å². The second-order valence-electron chi connectivity index (χ2n) is 7.55. The molecule has 1 aliphatic rings. The number of rotatable bonds is 8. The lowest BCUT2D eigenvalue weighted by Crippen LogP contribution is -2.46. The van der Waals surface area contributed by atoms with Gasteiger partial charge in [0.1, 0.15) is 5.75 Å². The minimum atomic E-state index is -0.495. The molecule has 1 N–H and O–H groups in total. The smallest absolute Gasteiger partial charge is 0.271 e. The van der Waals surface area contributed by atoms with Gasteiger partial charge in [-0.3, -0.25) is 19.8 Å². The molecule has 0 unspecified atom stereocenters. The molecule has 0 spiro atoms. The molecule has 1 amide bonds. The van der Waals surface area contributed by atoms with Crippen LogP contribution in [0.5, 0.6) is 5.75 Å². The van der Waals surface area contributed by atoms with Gasteiger partial charge < -0.3 is 15.0 Å². The van der Waals surface area contributed by atoms with Gasteiger partial charge in [-0.1, -0.05) is 29.8 Å². The maximum Gasteiger partial charge on any atom is 0.271 e. The van der Waals surface area contributed by atoms with Gasteiger partial charge in [0, 0.05) is 57.8 Å². The zero-order valence-corrected chi connectivity index (χ0v) is 17.5. The number of methoxy groups -OCH3 is 1. The van der Waals surface area contributed by atoms with Crippen LogP contribution in [0.25, 0.3) is 0 Å². The second kappa shape index (κ2) is 10.2. The predicted molar refractivity (Wildman–Crippen MR) is 116 cm³/mol. The van der Waals surface area contributed by atoms with Crippen molar-refractivity contribution >= 4 is 17.3 Å². The first kappa shape index (κ1) is 21.7. The summed E-state index contributed by atoms with van der Waals surface area (Å²) in [7, 11) is 1.47. The van der Waals surface area contributed by atoms with Crippen LogP contribution in [0.1, 0.15) is 17.5 Å². The topological polar surface area (TPSA) is 87.9 Å². The Bertz CT molecular complexity index is 894. The van der Waals surface area contributed by atoms with E-state index in [0.717, 1.165) is 32.7 Å². The van der Waals surface area contributed by atoms with E-state index in [2.05, 4.69) is 46.3 Å². The van der Waals surface area contributed by atoms with E-state index in [0.29, 0.717) is 24.4 Å². The third-order valence-electron chi connectivity index (χ3n) is 5.28. The van der Waals surface area contributed by atoms with E-state index < -0.39 is 4.92 Å². The number of carbonyl (C=O) groups is 1. The summed E-state index contributed by atoms with van der Waals surface area (Å²) >= 11 is 0. The number of nitro groups is 1. The molecule has 0 aliphatic carbocycles. The number of carbonyl (C=O) groups excluding carboxylic acids is 1. The number of non-ortho nitro benzene ring substituents is 1. The van der Waals surface area contributed by atoms with Gasteiger partial charge in [0.25, 0.3) is 5.69 Å². The van der Waals surface area contributed by atoms with Gasteiger partial charge >= 0.3 is 0 Å². The average molecular weight is 412 g/mol. The molecule has 30 heavy (non-hydrogen) atoms. The molecule has 8 nitrogen and oxygen atoms in total. The summed E-state index contributed by atoms with van der Waals surface area (Å²) < 4.78 is 5.19. The van der Waals surface area contributed by atoms with Crippen LogP contribution in [-0.2, 0) is 11.3 Å². The number of ether oxygens (including phenoxy) is 1. The van der Waals surface area contributed by atoms with Crippen LogP contribution in [0.2, 0.25) is 0 Å². The van der Waals surface area contributed by atoms with Gasteiger partial charge in [-0.05, 0) is 18.6 Å². The Labute approximate surface area is 176 Å². The number of aryl methyl sites for hydroxylation is 1. The number of hydrogen-bond acceptors (Lipinski definition) is 6. The SMILES string of the molecule is COc1ccc([N+](=O)[O-])cc1NC(=O)CCN1CCN(Cc2cccc(C)c2)CC1. The summed E-state index contributed by atoms with van der Waals surface area (Å²) in [6, 6.07) is 12.7. The summed E-state index contributed by atoms with van der Waals surface area (Å²) in [5, 5.41) is 13.7. The highest BCUT2D eigenvalue weighted by Gasteiger charge is 2.19. The molecule has 1 saturated heterocycles. The van der Waals surface area contributed by atoms with E-state index in [-0.39, 0.29) is 11.6 Å². The van der Waals surface area contributed by atoms with Gasteiger partial charge in [0.15, 0.2) is 0 Å². The highest BCUT2D eigenvalue weighted by atomic mass is 16.6. The molecule has 3 rings (SSSR count). The van der Waals surface area contributed by atoms with Crippen molar-refractivity contribution in [2.24, 2.45) is 0 Å². The molecule has 1 heterocycles. The van der Waals surface area contributed by atoms with Crippen molar-refractivity contribution in [1.29, 1.82) is 0 Å². The molecule has 2 aromatic carbocycles. The summed E-state index contributed by atoms with van der Waals surface area (Å²) in [6.45, 7) is 7.47. The predicted octanol–water partition coefficient (Wildman–Crippen LogP) is 3.06. The molecule has 0 atom stereocenters. The van der Waals surface area contributed by atoms with Crippen LogP contribution >= 0.6 is 0 Å². The molecule has 1 aliphatic heterocycles. The molecule has 0 saturated carbocycles. The molecule has 2 aromatic rings. The van der Waals surface area contributed by atoms with Crippen LogP contribution in [0, 0.1) is 17.0 Å². The fraction of sp³-hybridized carbons (Fsp3) is 0.409. The first-order valence-corrected chi connectivity index (χ1v) is 10.1. The van der Waals surface area contributed by atoms with E-state index in [9.17, 15) is 14.9 Å². The maximum atomic E-state index is 12.4. The highest BCUT2D eigenvalue weighted by Crippen LogP contribution is 2.29. The van der Waals surface area contributed by atoms with Crippen molar-refractivity contribution in [1.82, 2.24) is 9.80 Å². The van der Waals surface area contributed by atoms with E-state index in [1.807, 2.05) is 0 Å². The fourth-order valence-electron chi connectivity index (χ4n) is 3.62. The lowest BCUT2D eigenvalue weighted by molar-refractivity contribution is -0.384. The standard InChI is InChI=1S/C22H28N4O4/c1-17-4-3-5-18(14-17)16-25-12-10-24(11-13-25)9-8-22(27)23-20-15-19(26(28)29)6-7-21(20)30-2/h3-7,14-15H,8-13,16H2,1-2H3,(H,23,27). The molecular formula is C22H28N4O4.